The number of rotatable bonds is 7. The van der Waals surface area contributed by atoms with Gasteiger partial charge in [0.1, 0.15) is 5.82 Å². The summed E-state index contributed by atoms with van der Waals surface area (Å²) in [6.45, 7) is 8.03. The Kier molecular flexibility index (Phi) is 7.38. The lowest BCUT2D eigenvalue weighted by atomic mass is 10.2. The molecule has 0 aliphatic carbocycles. The van der Waals surface area contributed by atoms with Crippen molar-refractivity contribution in [2.75, 3.05) is 64.3 Å². The summed E-state index contributed by atoms with van der Waals surface area (Å²) in [6.07, 6.45) is 0. The molecule has 1 aromatic rings. The topological polar surface area (TPSA) is 47.1 Å². The molecule has 7 heteroatoms. The summed E-state index contributed by atoms with van der Waals surface area (Å²) >= 11 is 0. The quantitative estimate of drug-likeness (QED) is 0.731. The predicted molar refractivity (Wildman–Crippen MR) is 101 cm³/mol. The molecular formula is C19H29FN4O2. The van der Waals surface area contributed by atoms with Gasteiger partial charge in [0.05, 0.1) is 18.8 Å². The molecule has 0 bridgehead atoms. The first-order valence-electron chi connectivity index (χ1n) is 9.19. The molecule has 144 valence electrons. The fourth-order valence-corrected chi connectivity index (χ4v) is 3.20. The molecule has 2 amide bonds. The third-order valence-corrected chi connectivity index (χ3v) is 4.75. The van der Waals surface area contributed by atoms with E-state index in [9.17, 15) is 14.0 Å². The molecule has 0 N–H and O–H groups in total. The van der Waals surface area contributed by atoms with Gasteiger partial charge in [0, 0.05) is 39.3 Å². The molecule has 1 aliphatic rings. The van der Waals surface area contributed by atoms with Crippen molar-refractivity contribution in [2.45, 2.75) is 13.8 Å². The van der Waals surface area contributed by atoms with Gasteiger partial charge in [-0.25, -0.2) is 4.39 Å². The number of para-hydroxylation sites is 1. The van der Waals surface area contributed by atoms with Crippen molar-refractivity contribution < 1.29 is 14.0 Å². The van der Waals surface area contributed by atoms with Crippen molar-refractivity contribution >= 4 is 17.5 Å². The molecule has 6 nitrogen and oxygen atoms in total. The zero-order valence-corrected chi connectivity index (χ0v) is 15.9. The van der Waals surface area contributed by atoms with Crippen LogP contribution in [-0.2, 0) is 9.59 Å². The van der Waals surface area contributed by atoms with E-state index in [-0.39, 0.29) is 30.7 Å². The lowest BCUT2D eigenvalue weighted by Crippen LogP contribution is -2.51. The lowest BCUT2D eigenvalue weighted by molar-refractivity contribution is -0.135. The largest absolute Gasteiger partial charge is 0.366 e. The van der Waals surface area contributed by atoms with Gasteiger partial charge in [-0.3, -0.25) is 14.5 Å². The minimum atomic E-state index is -0.234. The molecule has 0 spiro atoms. The van der Waals surface area contributed by atoms with Crippen molar-refractivity contribution in [3.8, 4) is 0 Å². The third-order valence-electron chi connectivity index (χ3n) is 4.75. The predicted octanol–water partition coefficient (Wildman–Crippen LogP) is 1.27. The summed E-state index contributed by atoms with van der Waals surface area (Å²) in [6, 6.07) is 6.71. The molecule has 0 atom stereocenters. The number of carbonyl (C=O) groups is 2. The van der Waals surface area contributed by atoms with E-state index in [4.69, 9.17) is 0 Å². The maximum Gasteiger partial charge on any atom is 0.236 e. The Morgan fingerprint density at radius 3 is 2.23 bits per heavy atom. The number of hydrogen-bond acceptors (Lipinski definition) is 4. The van der Waals surface area contributed by atoms with Gasteiger partial charge in [0.25, 0.3) is 0 Å². The Bertz CT molecular complexity index is 613. The van der Waals surface area contributed by atoms with E-state index in [0.717, 1.165) is 0 Å². The Hall–Kier alpha value is -2.15. The first-order valence-corrected chi connectivity index (χ1v) is 9.19. The molecule has 1 saturated heterocycles. The Labute approximate surface area is 155 Å². The summed E-state index contributed by atoms with van der Waals surface area (Å²) in [5.74, 6) is -0.190. The average Bonchev–Trinajstić information content (AvgIpc) is 2.63. The standard InChI is InChI=1S/C19H29FN4O2/c1-4-22(5-2)18(25)14-21(3)15-19(26)24-12-10-23(11-13-24)17-9-7-6-8-16(17)20/h6-9H,4-5,10-15H2,1-3H3. The fraction of sp³-hybridized carbons (Fsp3) is 0.579. The van der Waals surface area contributed by atoms with Gasteiger partial charge in [-0.05, 0) is 33.0 Å². The van der Waals surface area contributed by atoms with Crippen molar-refractivity contribution in [2.24, 2.45) is 0 Å². The normalized spacial score (nSPS) is 14.7. The van der Waals surface area contributed by atoms with E-state index >= 15 is 0 Å². The van der Waals surface area contributed by atoms with Crippen LogP contribution in [0.5, 0.6) is 0 Å². The van der Waals surface area contributed by atoms with Crippen LogP contribution in [0, 0.1) is 5.82 Å². The van der Waals surface area contributed by atoms with Gasteiger partial charge in [0.15, 0.2) is 0 Å². The highest BCUT2D eigenvalue weighted by molar-refractivity contribution is 5.81. The maximum atomic E-state index is 13.9. The molecule has 1 heterocycles. The second kappa shape index (κ2) is 9.52. The number of carbonyl (C=O) groups excluding carboxylic acids is 2. The summed E-state index contributed by atoms with van der Waals surface area (Å²) in [5, 5.41) is 0. The van der Waals surface area contributed by atoms with E-state index in [2.05, 4.69) is 0 Å². The Morgan fingerprint density at radius 2 is 1.65 bits per heavy atom. The molecule has 1 fully saturated rings. The van der Waals surface area contributed by atoms with E-state index in [0.29, 0.717) is 45.0 Å². The zero-order valence-electron chi connectivity index (χ0n) is 15.9. The second-order valence-electron chi connectivity index (χ2n) is 6.56. The molecule has 26 heavy (non-hydrogen) atoms. The first-order chi connectivity index (χ1) is 12.5. The highest BCUT2D eigenvalue weighted by Gasteiger charge is 2.24. The van der Waals surface area contributed by atoms with E-state index in [1.807, 2.05) is 24.8 Å². The highest BCUT2D eigenvalue weighted by Crippen LogP contribution is 2.20. The van der Waals surface area contributed by atoms with Crippen molar-refractivity contribution in [3.05, 3.63) is 30.1 Å². The summed E-state index contributed by atoms with van der Waals surface area (Å²) in [7, 11) is 1.79. The molecule has 2 rings (SSSR count). The summed E-state index contributed by atoms with van der Waals surface area (Å²) in [5.41, 5.74) is 0.585. The molecule has 0 radical (unpaired) electrons. The van der Waals surface area contributed by atoms with Crippen LogP contribution in [0.25, 0.3) is 0 Å². The van der Waals surface area contributed by atoms with Crippen LogP contribution in [0.2, 0.25) is 0 Å². The summed E-state index contributed by atoms with van der Waals surface area (Å²) in [4.78, 5) is 31.9. The average molecular weight is 364 g/mol. The monoisotopic (exact) mass is 364 g/mol. The van der Waals surface area contributed by atoms with Crippen molar-refractivity contribution in [3.63, 3.8) is 0 Å². The van der Waals surface area contributed by atoms with Crippen LogP contribution in [-0.4, -0.2) is 85.9 Å². The minimum Gasteiger partial charge on any atom is -0.366 e. The van der Waals surface area contributed by atoms with Crippen LogP contribution in [0.3, 0.4) is 0 Å². The number of amides is 2. The fourth-order valence-electron chi connectivity index (χ4n) is 3.20. The first kappa shape index (κ1) is 20.2. The maximum absolute atomic E-state index is 13.9. The number of benzene rings is 1. The van der Waals surface area contributed by atoms with Gasteiger partial charge < -0.3 is 14.7 Å². The Balaban J connectivity index is 1.81. The summed E-state index contributed by atoms with van der Waals surface area (Å²) < 4.78 is 13.9. The van der Waals surface area contributed by atoms with E-state index in [1.165, 1.54) is 6.07 Å². The molecule has 0 aromatic heterocycles. The van der Waals surface area contributed by atoms with Gasteiger partial charge in [-0.1, -0.05) is 12.1 Å². The second-order valence-corrected chi connectivity index (χ2v) is 6.56. The van der Waals surface area contributed by atoms with Crippen molar-refractivity contribution in [1.82, 2.24) is 14.7 Å². The van der Waals surface area contributed by atoms with Crippen molar-refractivity contribution in [1.29, 1.82) is 0 Å². The van der Waals surface area contributed by atoms with Gasteiger partial charge >= 0.3 is 0 Å². The molecule has 1 aromatic carbocycles. The van der Waals surface area contributed by atoms with Crippen LogP contribution >= 0.6 is 0 Å². The minimum absolute atomic E-state index is 0.00744. The number of likely N-dealkylation sites (N-methyl/N-ethyl adjacent to an activating group) is 2. The van der Waals surface area contributed by atoms with Crippen LogP contribution < -0.4 is 4.90 Å². The van der Waals surface area contributed by atoms with Crippen LogP contribution in [0.1, 0.15) is 13.8 Å². The number of nitrogens with zero attached hydrogens (tertiary/aromatic N) is 4. The van der Waals surface area contributed by atoms with Gasteiger partial charge in [0.2, 0.25) is 11.8 Å². The molecule has 1 aliphatic heterocycles. The van der Waals surface area contributed by atoms with E-state index < -0.39 is 0 Å². The van der Waals surface area contributed by atoms with Crippen LogP contribution in [0.4, 0.5) is 10.1 Å². The number of anilines is 1. The number of halogens is 1. The highest BCUT2D eigenvalue weighted by atomic mass is 19.1. The SMILES string of the molecule is CCN(CC)C(=O)CN(C)CC(=O)N1CCN(c2ccccc2F)CC1. The Morgan fingerprint density at radius 1 is 1.04 bits per heavy atom. The molecule has 0 saturated carbocycles. The lowest BCUT2D eigenvalue weighted by Gasteiger charge is -2.36. The van der Waals surface area contributed by atoms with Crippen LogP contribution in [0.15, 0.2) is 24.3 Å². The number of piperazine rings is 1. The molecule has 0 unspecified atom stereocenters. The van der Waals surface area contributed by atoms with E-state index in [1.54, 1.807) is 33.9 Å². The van der Waals surface area contributed by atoms with Gasteiger partial charge in [-0.15, -0.1) is 0 Å². The third kappa shape index (κ3) is 5.17. The zero-order chi connectivity index (χ0) is 19.1. The van der Waals surface area contributed by atoms with Gasteiger partial charge in [-0.2, -0.15) is 0 Å². The number of hydrogen-bond donors (Lipinski definition) is 0. The molecular weight excluding hydrogens is 335 g/mol. The smallest absolute Gasteiger partial charge is 0.236 e.